The number of hydrogen-bond acceptors (Lipinski definition) is 5. The van der Waals surface area contributed by atoms with Gasteiger partial charge in [0.1, 0.15) is 9.96 Å². The summed E-state index contributed by atoms with van der Waals surface area (Å²) in [6.07, 6.45) is 3.99. The van der Waals surface area contributed by atoms with E-state index in [1.807, 2.05) is 29.2 Å². The second kappa shape index (κ2) is 8.45. The first-order valence-corrected chi connectivity index (χ1v) is 12.3. The Bertz CT molecular complexity index is 963. The topological polar surface area (TPSA) is 66.9 Å². The summed E-state index contributed by atoms with van der Waals surface area (Å²) < 4.78 is 32.5. The van der Waals surface area contributed by atoms with Crippen molar-refractivity contribution in [1.82, 2.24) is 9.21 Å². The second-order valence-electron chi connectivity index (χ2n) is 7.53. The zero-order chi connectivity index (χ0) is 20.4. The molecule has 0 spiro atoms. The van der Waals surface area contributed by atoms with Crippen LogP contribution in [0.25, 0.3) is 0 Å². The van der Waals surface area contributed by atoms with Crippen molar-refractivity contribution in [2.75, 3.05) is 26.7 Å². The minimum atomic E-state index is -3.42. The summed E-state index contributed by atoms with van der Waals surface area (Å²) in [4.78, 5) is 15.7. The van der Waals surface area contributed by atoms with Crippen molar-refractivity contribution < 1.29 is 17.9 Å². The summed E-state index contributed by atoms with van der Waals surface area (Å²) in [6.45, 7) is 1.91. The van der Waals surface area contributed by atoms with E-state index < -0.39 is 10.0 Å². The first kappa shape index (κ1) is 20.4. The molecular weight excluding hydrogens is 408 g/mol. The smallest absolute Gasteiger partial charge is 0.252 e. The van der Waals surface area contributed by atoms with Crippen molar-refractivity contribution in [3.05, 3.63) is 46.8 Å². The summed E-state index contributed by atoms with van der Waals surface area (Å²) >= 11 is 1.22. The van der Waals surface area contributed by atoms with Crippen LogP contribution in [0.3, 0.4) is 0 Å². The van der Waals surface area contributed by atoms with Crippen LogP contribution in [0.5, 0.6) is 5.75 Å². The van der Waals surface area contributed by atoms with E-state index in [-0.39, 0.29) is 18.4 Å². The van der Waals surface area contributed by atoms with Gasteiger partial charge in [-0.05, 0) is 55.5 Å². The Morgan fingerprint density at radius 3 is 2.48 bits per heavy atom. The molecule has 29 heavy (non-hydrogen) atoms. The zero-order valence-electron chi connectivity index (χ0n) is 16.5. The van der Waals surface area contributed by atoms with Crippen LogP contribution in [-0.4, -0.2) is 50.3 Å². The van der Waals surface area contributed by atoms with Gasteiger partial charge in [-0.1, -0.05) is 12.1 Å². The van der Waals surface area contributed by atoms with Crippen LogP contribution in [0, 0.1) is 0 Å². The highest BCUT2D eigenvalue weighted by atomic mass is 32.2. The molecule has 0 radical (unpaired) electrons. The van der Waals surface area contributed by atoms with Gasteiger partial charge >= 0.3 is 0 Å². The lowest BCUT2D eigenvalue weighted by molar-refractivity contribution is -0.131. The van der Waals surface area contributed by atoms with E-state index in [1.54, 1.807) is 23.5 Å². The van der Waals surface area contributed by atoms with E-state index in [2.05, 4.69) is 0 Å². The maximum absolute atomic E-state index is 13.0. The molecule has 0 bridgehead atoms. The summed E-state index contributed by atoms with van der Waals surface area (Å²) in [5, 5.41) is 0. The summed E-state index contributed by atoms with van der Waals surface area (Å²) in [5.41, 5.74) is 1.11. The Labute approximate surface area is 176 Å². The molecule has 0 saturated carbocycles. The average molecular weight is 435 g/mol. The number of likely N-dealkylation sites (tertiary alicyclic amines) is 1. The van der Waals surface area contributed by atoms with E-state index in [1.165, 1.54) is 11.3 Å². The molecule has 2 aromatic rings. The minimum Gasteiger partial charge on any atom is -0.497 e. The van der Waals surface area contributed by atoms with Gasteiger partial charge in [-0.2, -0.15) is 4.31 Å². The van der Waals surface area contributed by atoms with Crippen molar-refractivity contribution >= 4 is 27.3 Å². The Morgan fingerprint density at radius 1 is 1.07 bits per heavy atom. The number of ether oxygens (including phenoxy) is 1. The standard InChI is InChI=1S/C21H26N2O4S2/c1-27-17-8-6-16(7-9-17)19-5-4-14-23(19)20(24)15-18-10-11-21(28-18)29(25,26)22-12-2-3-13-22/h6-11,19H,2-5,12-15H2,1H3. The van der Waals surface area contributed by atoms with Gasteiger partial charge in [-0.3, -0.25) is 4.79 Å². The molecular formula is C21H26N2O4S2. The highest BCUT2D eigenvalue weighted by molar-refractivity contribution is 7.91. The van der Waals surface area contributed by atoms with Crippen LogP contribution < -0.4 is 4.74 Å². The minimum absolute atomic E-state index is 0.0512. The van der Waals surface area contributed by atoms with Crippen molar-refractivity contribution in [2.45, 2.75) is 42.4 Å². The number of carbonyl (C=O) groups excluding carboxylic acids is 1. The zero-order valence-corrected chi connectivity index (χ0v) is 18.2. The van der Waals surface area contributed by atoms with E-state index in [0.717, 1.165) is 48.4 Å². The van der Waals surface area contributed by atoms with Gasteiger partial charge in [0.25, 0.3) is 10.0 Å². The van der Waals surface area contributed by atoms with Gasteiger partial charge in [0.2, 0.25) is 5.91 Å². The molecule has 2 aliphatic heterocycles. The molecule has 6 nitrogen and oxygen atoms in total. The number of sulfonamides is 1. The van der Waals surface area contributed by atoms with Crippen LogP contribution in [0.4, 0.5) is 0 Å². The van der Waals surface area contributed by atoms with E-state index in [0.29, 0.717) is 17.3 Å². The van der Waals surface area contributed by atoms with Crippen LogP contribution in [0.1, 0.15) is 42.2 Å². The third-order valence-corrected chi connectivity index (χ3v) is 9.15. The Balaban J connectivity index is 1.45. The fourth-order valence-corrected chi connectivity index (χ4v) is 7.15. The van der Waals surface area contributed by atoms with E-state index in [4.69, 9.17) is 4.74 Å². The Morgan fingerprint density at radius 2 is 1.79 bits per heavy atom. The predicted molar refractivity (Wildman–Crippen MR) is 113 cm³/mol. The van der Waals surface area contributed by atoms with Gasteiger partial charge in [0, 0.05) is 24.5 Å². The number of carbonyl (C=O) groups is 1. The van der Waals surface area contributed by atoms with Crippen LogP contribution in [0.2, 0.25) is 0 Å². The third kappa shape index (κ3) is 4.20. The number of benzene rings is 1. The molecule has 3 heterocycles. The fraction of sp³-hybridized carbons (Fsp3) is 0.476. The normalized spacial score (nSPS) is 20.3. The molecule has 2 fully saturated rings. The Kier molecular flexibility index (Phi) is 5.94. The third-order valence-electron chi connectivity index (χ3n) is 5.70. The Hall–Kier alpha value is -1.90. The highest BCUT2D eigenvalue weighted by Crippen LogP contribution is 2.34. The molecule has 1 atom stereocenters. The molecule has 1 aromatic carbocycles. The van der Waals surface area contributed by atoms with Crippen LogP contribution in [0.15, 0.2) is 40.6 Å². The molecule has 1 amide bonds. The van der Waals surface area contributed by atoms with Gasteiger partial charge in [-0.25, -0.2) is 8.42 Å². The SMILES string of the molecule is COc1ccc(C2CCCN2C(=O)Cc2ccc(S(=O)(=O)N3CCCC3)s2)cc1. The number of amides is 1. The molecule has 2 aliphatic rings. The van der Waals surface area contributed by atoms with E-state index in [9.17, 15) is 13.2 Å². The number of hydrogen-bond donors (Lipinski definition) is 0. The largest absolute Gasteiger partial charge is 0.497 e. The number of nitrogens with zero attached hydrogens (tertiary/aromatic N) is 2. The van der Waals surface area contributed by atoms with Gasteiger partial charge in [0.05, 0.1) is 19.6 Å². The molecule has 4 rings (SSSR count). The molecule has 1 aromatic heterocycles. The molecule has 8 heteroatoms. The van der Waals surface area contributed by atoms with Gasteiger partial charge in [-0.15, -0.1) is 11.3 Å². The molecule has 1 unspecified atom stereocenters. The molecule has 2 saturated heterocycles. The monoisotopic (exact) mass is 434 g/mol. The summed E-state index contributed by atoms with van der Waals surface area (Å²) in [5.74, 6) is 0.852. The maximum Gasteiger partial charge on any atom is 0.252 e. The van der Waals surface area contributed by atoms with Crippen molar-refractivity contribution in [2.24, 2.45) is 0 Å². The lowest BCUT2D eigenvalue weighted by atomic mass is 10.0. The lowest BCUT2D eigenvalue weighted by Crippen LogP contribution is -2.31. The van der Waals surface area contributed by atoms with Crippen LogP contribution in [-0.2, 0) is 21.2 Å². The molecule has 156 valence electrons. The fourth-order valence-electron chi connectivity index (χ4n) is 4.14. The molecule has 0 aliphatic carbocycles. The number of rotatable bonds is 6. The summed E-state index contributed by atoms with van der Waals surface area (Å²) in [7, 11) is -1.78. The van der Waals surface area contributed by atoms with Crippen LogP contribution >= 0.6 is 11.3 Å². The maximum atomic E-state index is 13.0. The van der Waals surface area contributed by atoms with E-state index >= 15 is 0 Å². The summed E-state index contributed by atoms with van der Waals surface area (Å²) in [6, 6.07) is 11.4. The van der Waals surface area contributed by atoms with Crippen molar-refractivity contribution in [1.29, 1.82) is 0 Å². The highest BCUT2D eigenvalue weighted by Gasteiger charge is 2.31. The number of thiophene rings is 1. The first-order valence-electron chi connectivity index (χ1n) is 10.0. The number of methoxy groups -OCH3 is 1. The van der Waals surface area contributed by atoms with Gasteiger partial charge < -0.3 is 9.64 Å². The second-order valence-corrected chi connectivity index (χ2v) is 10.9. The average Bonchev–Trinajstić information content (AvgIpc) is 3.49. The quantitative estimate of drug-likeness (QED) is 0.698. The predicted octanol–water partition coefficient (Wildman–Crippen LogP) is 3.45. The lowest BCUT2D eigenvalue weighted by Gasteiger charge is -2.25. The van der Waals surface area contributed by atoms with Crippen molar-refractivity contribution in [3.8, 4) is 5.75 Å². The van der Waals surface area contributed by atoms with Gasteiger partial charge in [0.15, 0.2) is 0 Å². The first-order chi connectivity index (χ1) is 14.0. The van der Waals surface area contributed by atoms with Crippen molar-refractivity contribution in [3.63, 3.8) is 0 Å². The molecule has 0 N–H and O–H groups in total.